The van der Waals surface area contributed by atoms with Gasteiger partial charge in [0, 0.05) is 12.8 Å². The van der Waals surface area contributed by atoms with E-state index in [0.717, 1.165) is 30.3 Å². The van der Waals surface area contributed by atoms with E-state index in [9.17, 15) is 5.26 Å². The van der Waals surface area contributed by atoms with Crippen LogP contribution in [0.5, 0.6) is 0 Å². The summed E-state index contributed by atoms with van der Waals surface area (Å²) in [6, 6.07) is 2.47. The first-order valence-electron chi connectivity index (χ1n) is 5.85. The molecule has 2 rings (SSSR count). The van der Waals surface area contributed by atoms with Gasteiger partial charge in [-0.1, -0.05) is 18.7 Å². The lowest BCUT2D eigenvalue weighted by molar-refractivity contribution is 0.415. The molecule has 17 heavy (non-hydrogen) atoms. The van der Waals surface area contributed by atoms with E-state index >= 15 is 0 Å². The number of hydrogen-bond acceptors (Lipinski definition) is 5. The molecule has 0 spiro atoms. The van der Waals surface area contributed by atoms with Gasteiger partial charge in [0.15, 0.2) is 5.16 Å². The number of thioether (sulfide) groups is 1. The summed E-state index contributed by atoms with van der Waals surface area (Å²) in [5.41, 5.74) is -0.397. The monoisotopic (exact) mass is 251 g/mol. The van der Waals surface area contributed by atoms with Crippen LogP contribution in [0.4, 0.5) is 0 Å². The SMILES string of the molecule is CCNC(C#N)(CSc1nncn1C)C1CC1. The van der Waals surface area contributed by atoms with Crippen molar-refractivity contribution in [3.63, 3.8) is 0 Å². The van der Waals surface area contributed by atoms with E-state index in [-0.39, 0.29) is 0 Å². The first-order valence-corrected chi connectivity index (χ1v) is 6.83. The fourth-order valence-corrected chi connectivity index (χ4v) is 3.06. The third kappa shape index (κ3) is 2.61. The minimum absolute atomic E-state index is 0.397. The quantitative estimate of drug-likeness (QED) is 0.769. The molecule has 1 unspecified atom stereocenters. The van der Waals surface area contributed by atoms with Crippen molar-refractivity contribution in [2.24, 2.45) is 13.0 Å². The van der Waals surface area contributed by atoms with Gasteiger partial charge in [-0.3, -0.25) is 5.32 Å². The Labute approximate surface area is 106 Å². The van der Waals surface area contributed by atoms with Crippen LogP contribution >= 0.6 is 11.8 Å². The highest BCUT2D eigenvalue weighted by Crippen LogP contribution is 2.41. The smallest absolute Gasteiger partial charge is 0.190 e. The van der Waals surface area contributed by atoms with Gasteiger partial charge in [0.1, 0.15) is 11.9 Å². The summed E-state index contributed by atoms with van der Waals surface area (Å²) in [5.74, 6) is 1.22. The summed E-state index contributed by atoms with van der Waals surface area (Å²) in [6.07, 6.45) is 3.99. The minimum Gasteiger partial charge on any atom is -0.312 e. The Morgan fingerprint density at radius 2 is 2.47 bits per heavy atom. The fraction of sp³-hybridized carbons (Fsp3) is 0.727. The highest BCUT2D eigenvalue weighted by Gasteiger charge is 2.45. The molecule has 1 aromatic heterocycles. The standard InChI is InChI=1S/C11H17N5S/c1-3-13-11(6-12,9-4-5-9)7-17-10-15-14-8-16(10)2/h8-9,13H,3-5,7H2,1-2H3. The van der Waals surface area contributed by atoms with Gasteiger partial charge in [-0.2, -0.15) is 5.26 Å². The second-order valence-electron chi connectivity index (χ2n) is 4.40. The van der Waals surface area contributed by atoms with Crippen LogP contribution in [-0.2, 0) is 7.05 Å². The molecule has 1 N–H and O–H groups in total. The second kappa shape index (κ2) is 5.07. The molecule has 1 saturated carbocycles. The van der Waals surface area contributed by atoms with Crippen LogP contribution in [-0.4, -0.2) is 32.6 Å². The fourth-order valence-electron chi connectivity index (χ4n) is 1.95. The van der Waals surface area contributed by atoms with Crippen molar-refractivity contribution in [2.45, 2.75) is 30.5 Å². The normalized spacial score (nSPS) is 18.6. The number of aryl methyl sites for hydroxylation is 1. The van der Waals surface area contributed by atoms with Gasteiger partial charge in [-0.05, 0) is 25.3 Å². The van der Waals surface area contributed by atoms with E-state index in [2.05, 4.69) is 21.6 Å². The lowest BCUT2D eigenvalue weighted by Gasteiger charge is -2.26. The van der Waals surface area contributed by atoms with Gasteiger partial charge in [-0.25, -0.2) is 0 Å². The van der Waals surface area contributed by atoms with E-state index < -0.39 is 5.54 Å². The molecule has 92 valence electrons. The molecule has 1 aromatic rings. The molecule has 0 saturated heterocycles. The van der Waals surface area contributed by atoms with Crippen molar-refractivity contribution in [3.8, 4) is 6.07 Å². The van der Waals surface area contributed by atoms with Crippen LogP contribution in [0.1, 0.15) is 19.8 Å². The summed E-state index contributed by atoms with van der Waals surface area (Å²) in [7, 11) is 1.92. The van der Waals surface area contributed by atoms with E-state index in [1.54, 1.807) is 18.1 Å². The van der Waals surface area contributed by atoms with Crippen LogP contribution in [0.2, 0.25) is 0 Å². The Bertz CT molecular complexity index is 420. The molecule has 1 fully saturated rings. The summed E-state index contributed by atoms with van der Waals surface area (Å²) in [6.45, 7) is 2.87. The maximum Gasteiger partial charge on any atom is 0.190 e. The number of nitrogens with one attached hydrogen (secondary N) is 1. The summed E-state index contributed by atoms with van der Waals surface area (Å²) in [5, 5.41) is 21.5. The predicted molar refractivity (Wildman–Crippen MR) is 66.5 cm³/mol. The predicted octanol–water partition coefficient (Wildman–Crippen LogP) is 1.19. The van der Waals surface area contributed by atoms with Gasteiger partial charge in [0.2, 0.25) is 0 Å². The van der Waals surface area contributed by atoms with Gasteiger partial charge in [-0.15, -0.1) is 10.2 Å². The lowest BCUT2D eigenvalue weighted by Crippen LogP contribution is -2.48. The minimum atomic E-state index is -0.397. The van der Waals surface area contributed by atoms with Crippen LogP contribution in [0.15, 0.2) is 11.5 Å². The van der Waals surface area contributed by atoms with Crippen LogP contribution in [0.25, 0.3) is 0 Å². The zero-order valence-electron chi connectivity index (χ0n) is 10.2. The van der Waals surface area contributed by atoms with Crippen molar-refractivity contribution in [1.29, 1.82) is 5.26 Å². The Morgan fingerprint density at radius 3 is 2.94 bits per heavy atom. The topological polar surface area (TPSA) is 66.5 Å². The number of hydrogen-bond donors (Lipinski definition) is 1. The third-order valence-electron chi connectivity index (χ3n) is 3.06. The number of rotatable bonds is 6. The Kier molecular flexibility index (Phi) is 3.69. The van der Waals surface area contributed by atoms with Crippen LogP contribution in [0.3, 0.4) is 0 Å². The molecule has 1 aliphatic rings. The van der Waals surface area contributed by atoms with E-state index in [1.165, 1.54) is 0 Å². The van der Waals surface area contributed by atoms with Crippen molar-refractivity contribution >= 4 is 11.8 Å². The number of nitriles is 1. The molecule has 0 radical (unpaired) electrons. The summed E-state index contributed by atoms with van der Waals surface area (Å²) >= 11 is 1.60. The molecule has 0 bridgehead atoms. The highest BCUT2D eigenvalue weighted by atomic mass is 32.2. The molecule has 0 amide bonds. The maximum absolute atomic E-state index is 9.45. The molecule has 1 atom stereocenters. The van der Waals surface area contributed by atoms with Crippen molar-refractivity contribution in [3.05, 3.63) is 6.33 Å². The maximum atomic E-state index is 9.45. The second-order valence-corrected chi connectivity index (χ2v) is 5.34. The van der Waals surface area contributed by atoms with Gasteiger partial charge < -0.3 is 4.57 Å². The van der Waals surface area contributed by atoms with Gasteiger partial charge in [0.05, 0.1) is 6.07 Å². The van der Waals surface area contributed by atoms with Crippen molar-refractivity contribution in [2.75, 3.05) is 12.3 Å². The van der Waals surface area contributed by atoms with E-state index in [0.29, 0.717) is 5.92 Å². The van der Waals surface area contributed by atoms with Crippen molar-refractivity contribution < 1.29 is 0 Å². The summed E-state index contributed by atoms with van der Waals surface area (Å²) < 4.78 is 1.88. The number of aromatic nitrogens is 3. The van der Waals surface area contributed by atoms with E-state index in [1.807, 2.05) is 18.5 Å². The van der Waals surface area contributed by atoms with E-state index in [4.69, 9.17) is 0 Å². The Hall–Kier alpha value is -1.06. The highest BCUT2D eigenvalue weighted by molar-refractivity contribution is 7.99. The van der Waals surface area contributed by atoms with Gasteiger partial charge >= 0.3 is 0 Å². The number of nitrogens with zero attached hydrogens (tertiary/aromatic N) is 4. The largest absolute Gasteiger partial charge is 0.312 e. The molecule has 0 aliphatic heterocycles. The Morgan fingerprint density at radius 1 is 1.71 bits per heavy atom. The lowest BCUT2D eigenvalue weighted by atomic mass is 9.98. The molecule has 5 nitrogen and oxygen atoms in total. The first-order chi connectivity index (χ1) is 8.22. The third-order valence-corrected chi connectivity index (χ3v) is 4.29. The first kappa shape index (κ1) is 12.4. The molecule has 1 heterocycles. The van der Waals surface area contributed by atoms with Crippen LogP contribution < -0.4 is 5.32 Å². The average molecular weight is 251 g/mol. The molecule has 1 aliphatic carbocycles. The zero-order chi connectivity index (χ0) is 12.3. The molecular formula is C11H17N5S. The Balaban J connectivity index is 2.03. The van der Waals surface area contributed by atoms with Crippen LogP contribution in [0, 0.1) is 17.2 Å². The van der Waals surface area contributed by atoms with Gasteiger partial charge in [0.25, 0.3) is 0 Å². The zero-order valence-corrected chi connectivity index (χ0v) is 11.0. The van der Waals surface area contributed by atoms with Crippen molar-refractivity contribution in [1.82, 2.24) is 20.1 Å². The molecule has 6 heteroatoms. The average Bonchev–Trinajstić information content (AvgIpc) is 3.10. The molecular weight excluding hydrogens is 234 g/mol. The molecule has 0 aromatic carbocycles. The summed E-state index contributed by atoms with van der Waals surface area (Å²) in [4.78, 5) is 0.